The maximum absolute atomic E-state index is 12.6. The van der Waals surface area contributed by atoms with Crippen LogP contribution in [0.5, 0.6) is 0 Å². The van der Waals surface area contributed by atoms with Crippen LogP contribution in [0.2, 0.25) is 0 Å². The van der Waals surface area contributed by atoms with Gasteiger partial charge in [-0.05, 0) is 81.6 Å². The van der Waals surface area contributed by atoms with Crippen molar-refractivity contribution >= 4 is 46.2 Å². The molecule has 4 nitrogen and oxygen atoms in total. The van der Waals surface area contributed by atoms with Crippen molar-refractivity contribution in [1.82, 2.24) is 0 Å². The number of rotatable bonds is 2. The lowest BCUT2D eigenvalue weighted by Crippen LogP contribution is -2.14. The summed E-state index contributed by atoms with van der Waals surface area (Å²) in [5.74, 6) is -0.0530. The van der Waals surface area contributed by atoms with Crippen molar-refractivity contribution in [3.8, 4) is 0 Å². The summed E-state index contributed by atoms with van der Waals surface area (Å²) in [6, 6.07) is 49.3. The highest BCUT2D eigenvalue weighted by atomic mass is 16.4. The molecule has 0 amide bonds. The van der Waals surface area contributed by atoms with Gasteiger partial charge >= 0.3 is 11.3 Å². The van der Waals surface area contributed by atoms with E-state index in [4.69, 9.17) is 8.83 Å². The van der Waals surface area contributed by atoms with Crippen molar-refractivity contribution < 1.29 is 8.83 Å². The van der Waals surface area contributed by atoms with Gasteiger partial charge in [0.1, 0.15) is 11.2 Å². The summed E-state index contributed by atoms with van der Waals surface area (Å²) in [4.78, 5) is 25.2. The second-order valence-electron chi connectivity index (χ2n) is 13.9. The van der Waals surface area contributed by atoms with E-state index in [1.54, 1.807) is 0 Å². The van der Waals surface area contributed by atoms with E-state index in [9.17, 15) is 9.59 Å². The van der Waals surface area contributed by atoms with Crippen LogP contribution < -0.4 is 11.3 Å². The number of fused-ring (bicyclic) bond motifs is 6. The van der Waals surface area contributed by atoms with Crippen LogP contribution in [0.3, 0.4) is 0 Å². The highest BCUT2D eigenvalue weighted by Gasteiger charge is 2.29. The predicted molar refractivity (Wildman–Crippen MR) is 220 cm³/mol. The Morgan fingerprint density at radius 1 is 0.370 bits per heavy atom. The molecule has 10 rings (SSSR count). The monoisotopic (exact) mass is 700 g/mol. The van der Waals surface area contributed by atoms with E-state index in [2.05, 4.69) is 121 Å². The summed E-state index contributed by atoms with van der Waals surface area (Å²) in [6.45, 7) is 3.74. The Labute approximate surface area is 313 Å². The minimum absolute atomic E-state index is 0.0265. The smallest absolute Gasteiger partial charge is 0.339 e. The molecule has 2 heterocycles. The molecular formula is C50H36O4. The first-order valence-electron chi connectivity index (χ1n) is 18.2. The largest absolute Gasteiger partial charge is 0.423 e. The van der Waals surface area contributed by atoms with Crippen LogP contribution in [0.4, 0.5) is 0 Å². The van der Waals surface area contributed by atoms with Crippen molar-refractivity contribution in [2.45, 2.75) is 25.7 Å². The second-order valence-corrected chi connectivity index (χ2v) is 13.9. The fraction of sp³-hybridized carbons (Fsp3) is 0.0800. The van der Waals surface area contributed by atoms with Crippen molar-refractivity contribution in [1.29, 1.82) is 0 Å². The lowest BCUT2D eigenvalue weighted by molar-refractivity contribution is 0.551. The Morgan fingerprint density at radius 3 is 0.981 bits per heavy atom. The molecule has 0 atom stereocenters. The maximum Gasteiger partial charge on any atom is 0.339 e. The molecule has 2 aliphatic rings. The van der Waals surface area contributed by atoms with Gasteiger partial charge in [0.05, 0.1) is 0 Å². The molecule has 0 fully saturated rings. The predicted octanol–water partition coefficient (Wildman–Crippen LogP) is 11.5. The highest BCUT2D eigenvalue weighted by molar-refractivity contribution is 5.87. The zero-order valence-electron chi connectivity index (χ0n) is 30.0. The number of hydrogen-bond donors (Lipinski definition) is 0. The first-order valence-corrected chi connectivity index (χ1v) is 18.2. The summed E-state index contributed by atoms with van der Waals surface area (Å²) in [5.41, 5.74) is 13.7. The summed E-state index contributed by atoms with van der Waals surface area (Å²) in [5, 5.41) is 1.98. The topological polar surface area (TPSA) is 60.4 Å². The van der Waals surface area contributed by atoms with Gasteiger partial charge in [-0.3, -0.25) is 0 Å². The van der Waals surface area contributed by atoms with Gasteiger partial charge in [-0.1, -0.05) is 158 Å². The van der Waals surface area contributed by atoms with E-state index in [-0.39, 0.29) is 23.1 Å². The van der Waals surface area contributed by atoms with E-state index in [0.717, 1.165) is 21.9 Å². The van der Waals surface area contributed by atoms with Gasteiger partial charge in [0.25, 0.3) is 0 Å². The molecule has 0 saturated heterocycles. The Hall–Kier alpha value is -6.78. The molecule has 2 aromatic heterocycles. The molecule has 260 valence electrons. The molecular weight excluding hydrogens is 665 g/mol. The first kappa shape index (κ1) is 33.1. The second kappa shape index (κ2) is 13.6. The molecule has 2 aliphatic carbocycles. The molecule has 0 bridgehead atoms. The first-order chi connectivity index (χ1) is 26.5. The normalized spacial score (nSPS) is 13.2. The molecule has 0 spiro atoms. The van der Waals surface area contributed by atoms with E-state index in [0.29, 0.717) is 22.3 Å². The van der Waals surface area contributed by atoms with Gasteiger partial charge in [-0.2, -0.15) is 0 Å². The molecule has 0 radical (unpaired) electrons. The van der Waals surface area contributed by atoms with Crippen molar-refractivity contribution in [3.63, 3.8) is 0 Å². The van der Waals surface area contributed by atoms with Crippen LogP contribution in [0.15, 0.2) is 164 Å². The van der Waals surface area contributed by atoms with Crippen LogP contribution in [0.1, 0.15) is 78.6 Å². The average Bonchev–Trinajstić information content (AvgIpc) is 3.48. The van der Waals surface area contributed by atoms with Crippen LogP contribution in [0, 0.1) is 13.8 Å². The van der Waals surface area contributed by atoms with Crippen LogP contribution in [-0.4, -0.2) is 0 Å². The van der Waals surface area contributed by atoms with Gasteiger partial charge in [0.2, 0.25) is 0 Å². The van der Waals surface area contributed by atoms with E-state index < -0.39 is 0 Å². The third kappa shape index (κ3) is 5.64. The van der Waals surface area contributed by atoms with Crippen molar-refractivity contribution in [2.24, 2.45) is 0 Å². The molecule has 0 unspecified atom stereocenters. The highest BCUT2D eigenvalue weighted by Crippen LogP contribution is 2.44. The summed E-state index contributed by atoms with van der Waals surface area (Å²) in [7, 11) is 0. The third-order valence-corrected chi connectivity index (χ3v) is 10.9. The van der Waals surface area contributed by atoms with Crippen LogP contribution >= 0.6 is 0 Å². The SMILES string of the molecule is Cc1c(C2c3ccccc3C=Cc3ccccc32)c2ccccc2oc1=O.Cc1c(C2c3ccccc3C=Cc3ccccc32)c2ccccc2oc1=O. The number of para-hydroxylation sites is 2. The lowest BCUT2D eigenvalue weighted by atomic mass is 9.80. The molecule has 0 N–H and O–H groups in total. The molecule has 54 heavy (non-hydrogen) atoms. The fourth-order valence-electron chi connectivity index (χ4n) is 8.30. The number of benzene rings is 6. The average molecular weight is 701 g/mol. The number of hydrogen-bond acceptors (Lipinski definition) is 4. The zero-order valence-corrected chi connectivity index (χ0v) is 30.0. The summed E-state index contributed by atoms with van der Waals surface area (Å²) < 4.78 is 11.1. The summed E-state index contributed by atoms with van der Waals surface area (Å²) in [6.07, 6.45) is 8.66. The van der Waals surface area contributed by atoms with Crippen molar-refractivity contribution in [3.05, 3.63) is 233 Å². The quantitative estimate of drug-likeness (QED) is 0.168. The Morgan fingerprint density at radius 2 is 0.648 bits per heavy atom. The van der Waals surface area contributed by atoms with Gasteiger partial charge in [-0.15, -0.1) is 0 Å². The van der Waals surface area contributed by atoms with E-state index in [1.807, 2.05) is 62.4 Å². The van der Waals surface area contributed by atoms with Crippen LogP contribution in [0.25, 0.3) is 46.2 Å². The molecule has 4 heteroatoms. The van der Waals surface area contributed by atoms with Crippen molar-refractivity contribution in [2.75, 3.05) is 0 Å². The Balaban J connectivity index is 0.000000142. The minimum atomic E-state index is -0.268. The Bertz CT molecular complexity index is 2620. The fourth-order valence-corrected chi connectivity index (χ4v) is 8.30. The molecule has 0 saturated carbocycles. The molecule has 6 aromatic carbocycles. The van der Waals surface area contributed by atoms with E-state index >= 15 is 0 Å². The van der Waals surface area contributed by atoms with Gasteiger partial charge in [-0.25, -0.2) is 9.59 Å². The summed E-state index contributed by atoms with van der Waals surface area (Å²) >= 11 is 0. The van der Waals surface area contributed by atoms with E-state index in [1.165, 1.54) is 44.5 Å². The van der Waals surface area contributed by atoms with Gasteiger partial charge in [0, 0.05) is 33.7 Å². The van der Waals surface area contributed by atoms with Crippen LogP contribution in [-0.2, 0) is 0 Å². The molecule has 0 aliphatic heterocycles. The van der Waals surface area contributed by atoms with Gasteiger partial charge < -0.3 is 8.83 Å². The zero-order chi connectivity index (χ0) is 36.8. The molecule has 8 aromatic rings. The third-order valence-electron chi connectivity index (χ3n) is 10.9. The Kier molecular flexibility index (Phi) is 8.36. The standard InChI is InChI=1S/2C25H18O2/c2*1-16-23(21-12-6-7-13-22(21)27-25(16)26)24-19-10-4-2-8-17(19)14-15-18-9-3-5-11-20(18)24/h2*2-15,24H,1H3. The maximum atomic E-state index is 12.6. The minimum Gasteiger partial charge on any atom is -0.423 e. The van der Waals surface area contributed by atoms with Gasteiger partial charge in [0.15, 0.2) is 0 Å². The lowest BCUT2D eigenvalue weighted by Gasteiger charge is -2.23.